The summed E-state index contributed by atoms with van der Waals surface area (Å²) in [5.74, 6) is 1.61. The van der Waals surface area contributed by atoms with E-state index in [0.29, 0.717) is 17.2 Å². The summed E-state index contributed by atoms with van der Waals surface area (Å²) in [6, 6.07) is 11.0. The molecule has 0 unspecified atom stereocenters. The third-order valence-electron chi connectivity index (χ3n) is 2.42. The zero-order valence-electron chi connectivity index (χ0n) is 10.2. The molecular weight excluding hydrogens is 228 g/mol. The van der Waals surface area contributed by atoms with E-state index in [0.717, 1.165) is 5.56 Å². The molecule has 0 aliphatic rings. The maximum Gasteiger partial charge on any atom is 0.183 e. The lowest BCUT2D eigenvalue weighted by atomic mass is 10.2. The second-order valence-electron chi connectivity index (χ2n) is 3.72. The van der Waals surface area contributed by atoms with Gasteiger partial charge in [-0.15, -0.1) is 0 Å². The van der Waals surface area contributed by atoms with Gasteiger partial charge in [0.1, 0.15) is 6.07 Å². The van der Waals surface area contributed by atoms with E-state index in [4.69, 9.17) is 14.7 Å². The predicted octanol–water partition coefficient (Wildman–Crippen LogP) is 3.06. The molecule has 1 heterocycles. The van der Waals surface area contributed by atoms with Crippen molar-refractivity contribution in [2.45, 2.75) is 6.92 Å². The highest BCUT2D eigenvalue weighted by molar-refractivity contribution is 5.47. The largest absolute Gasteiger partial charge is 0.493 e. The molecule has 0 saturated carbocycles. The normalized spacial score (nSPS) is 9.61. The zero-order valence-corrected chi connectivity index (χ0v) is 10.2. The molecule has 18 heavy (non-hydrogen) atoms. The first-order valence-corrected chi connectivity index (χ1v) is 5.42. The Morgan fingerprint density at radius 2 is 2.00 bits per heavy atom. The summed E-state index contributed by atoms with van der Waals surface area (Å²) < 4.78 is 10.9. The number of rotatable bonds is 3. The Hall–Kier alpha value is -2.54. The Morgan fingerprint density at radius 3 is 2.72 bits per heavy atom. The Balaban J connectivity index is 2.37. The van der Waals surface area contributed by atoms with Crippen molar-refractivity contribution in [3.8, 4) is 23.3 Å². The number of nitriles is 1. The monoisotopic (exact) mass is 240 g/mol. The molecule has 0 aliphatic heterocycles. The van der Waals surface area contributed by atoms with Crippen molar-refractivity contribution in [2.24, 2.45) is 0 Å². The summed E-state index contributed by atoms with van der Waals surface area (Å²) in [4.78, 5) is 3.94. The Labute approximate surface area is 105 Å². The number of aryl methyl sites for hydroxylation is 1. The molecule has 2 rings (SSSR count). The van der Waals surface area contributed by atoms with Crippen LogP contribution in [-0.4, -0.2) is 12.1 Å². The minimum Gasteiger partial charge on any atom is -0.493 e. The van der Waals surface area contributed by atoms with Crippen LogP contribution in [0.15, 0.2) is 36.5 Å². The third kappa shape index (κ3) is 2.41. The van der Waals surface area contributed by atoms with E-state index in [2.05, 4.69) is 4.98 Å². The van der Waals surface area contributed by atoms with Crippen molar-refractivity contribution in [1.82, 2.24) is 4.98 Å². The molecule has 1 aromatic heterocycles. The van der Waals surface area contributed by atoms with Crippen molar-refractivity contribution >= 4 is 0 Å². The fraction of sp³-hybridized carbons (Fsp3) is 0.143. The van der Waals surface area contributed by atoms with E-state index in [9.17, 15) is 0 Å². The van der Waals surface area contributed by atoms with Gasteiger partial charge in [-0.2, -0.15) is 5.26 Å². The molecule has 4 nitrogen and oxygen atoms in total. The van der Waals surface area contributed by atoms with E-state index in [1.165, 1.54) is 0 Å². The first kappa shape index (κ1) is 11.9. The first-order chi connectivity index (χ1) is 8.74. The van der Waals surface area contributed by atoms with Gasteiger partial charge in [-0.25, -0.2) is 4.98 Å². The lowest BCUT2D eigenvalue weighted by Gasteiger charge is -2.11. The summed E-state index contributed by atoms with van der Waals surface area (Å²) in [6.45, 7) is 1.97. The molecule has 0 aliphatic carbocycles. The number of pyridine rings is 1. The van der Waals surface area contributed by atoms with E-state index >= 15 is 0 Å². The van der Waals surface area contributed by atoms with Crippen LogP contribution in [0.1, 0.15) is 11.3 Å². The molecule has 0 N–H and O–H groups in total. The predicted molar refractivity (Wildman–Crippen MR) is 66.8 cm³/mol. The Morgan fingerprint density at radius 1 is 1.17 bits per heavy atom. The topological polar surface area (TPSA) is 55.1 Å². The van der Waals surface area contributed by atoms with Crippen molar-refractivity contribution in [1.29, 1.82) is 5.26 Å². The van der Waals surface area contributed by atoms with Crippen LogP contribution in [0.3, 0.4) is 0 Å². The lowest BCUT2D eigenvalue weighted by molar-refractivity contribution is 0.377. The highest BCUT2D eigenvalue weighted by Crippen LogP contribution is 2.32. The molecule has 1 aromatic carbocycles. The third-order valence-corrected chi connectivity index (χ3v) is 2.42. The Kier molecular flexibility index (Phi) is 3.44. The summed E-state index contributed by atoms with van der Waals surface area (Å²) >= 11 is 0. The molecule has 90 valence electrons. The molecule has 0 spiro atoms. The minimum atomic E-state index is 0.250. The molecule has 0 fully saturated rings. The fourth-order valence-electron chi connectivity index (χ4n) is 1.53. The van der Waals surface area contributed by atoms with E-state index in [1.807, 2.05) is 31.2 Å². The van der Waals surface area contributed by atoms with Gasteiger partial charge in [-0.05, 0) is 36.8 Å². The maximum absolute atomic E-state index is 8.94. The van der Waals surface area contributed by atoms with E-state index < -0.39 is 0 Å². The van der Waals surface area contributed by atoms with Crippen molar-refractivity contribution in [2.75, 3.05) is 7.11 Å². The van der Waals surface area contributed by atoms with Crippen molar-refractivity contribution < 1.29 is 9.47 Å². The average Bonchev–Trinajstić information content (AvgIpc) is 2.41. The fourth-order valence-corrected chi connectivity index (χ4v) is 1.53. The molecule has 0 atom stereocenters. The quantitative estimate of drug-likeness (QED) is 0.827. The van der Waals surface area contributed by atoms with Crippen LogP contribution in [0.25, 0.3) is 0 Å². The van der Waals surface area contributed by atoms with Crippen LogP contribution < -0.4 is 9.47 Å². The standard InChI is InChI=1S/C14H12N2O2/c1-10-5-6-13(14(8-10)17-2)18-12-4-3-7-16-11(12)9-15/h3-8H,1-2H3. The molecule has 4 heteroatoms. The summed E-state index contributed by atoms with van der Waals surface area (Å²) in [7, 11) is 1.58. The van der Waals surface area contributed by atoms with Gasteiger partial charge in [-0.3, -0.25) is 0 Å². The second-order valence-corrected chi connectivity index (χ2v) is 3.72. The van der Waals surface area contributed by atoms with Crippen LogP contribution in [0.2, 0.25) is 0 Å². The van der Waals surface area contributed by atoms with Gasteiger partial charge in [0, 0.05) is 6.20 Å². The van der Waals surface area contributed by atoms with Crippen molar-refractivity contribution in [3.05, 3.63) is 47.8 Å². The molecular formula is C14H12N2O2. The van der Waals surface area contributed by atoms with Gasteiger partial charge in [0.25, 0.3) is 0 Å². The number of hydrogen-bond acceptors (Lipinski definition) is 4. The van der Waals surface area contributed by atoms with Crippen LogP contribution >= 0.6 is 0 Å². The van der Waals surface area contributed by atoms with Crippen LogP contribution in [0.5, 0.6) is 17.2 Å². The number of hydrogen-bond donors (Lipinski definition) is 0. The molecule has 0 amide bonds. The van der Waals surface area contributed by atoms with Crippen LogP contribution in [0.4, 0.5) is 0 Å². The number of benzene rings is 1. The maximum atomic E-state index is 8.94. The Bertz CT molecular complexity index is 603. The van der Waals surface area contributed by atoms with E-state index in [-0.39, 0.29) is 5.69 Å². The summed E-state index contributed by atoms with van der Waals surface area (Å²) in [5.41, 5.74) is 1.33. The number of methoxy groups -OCH3 is 1. The average molecular weight is 240 g/mol. The highest BCUT2D eigenvalue weighted by Gasteiger charge is 2.09. The molecule has 0 bridgehead atoms. The van der Waals surface area contributed by atoms with Gasteiger partial charge in [-0.1, -0.05) is 6.07 Å². The number of aromatic nitrogens is 1. The second kappa shape index (κ2) is 5.19. The van der Waals surface area contributed by atoms with Crippen molar-refractivity contribution in [3.63, 3.8) is 0 Å². The van der Waals surface area contributed by atoms with Gasteiger partial charge in [0.15, 0.2) is 22.9 Å². The van der Waals surface area contributed by atoms with Crippen LogP contribution in [0, 0.1) is 18.3 Å². The van der Waals surface area contributed by atoms with Gasteiger partial charge >= 0.3 is 0 Å². The van der Waals surface area contributed by atoms with Gasteiger partial charge in [0.2, 0.25) is 0 Å². The van der Waals surface area contributed by atoms with Gasteiger partial charge in [0.05, 0.1) is 7.11 Å². The summed E-state index contributed by atoms with van der Waals surface area (Å²) in [6.07, 6.45) is 1.55. The first-order valence-electron chi connectivity index (χ1n) is 5.42. The molecule has 0 radical (unpaired) electrons. The van der Waals surface area contributed by atoms with E-state index in [1.54, 1.807) is 25.4 Å². The minimum absolute atomic E-state index is 0.250. The SMILES string of the molecule is COc1cc(C)ccc1Oc1cccnc1C#N. The van der Waals surface area contributed by atoms with Gasteiger partial charge < -0.3 is 9.47 Å². The number of nitrogens with zero attached hydrogens (tertiary/aromatic N) is 2. The molecule has 0 saturated heterocycles. The lowest BCUT2D eigenvalue weighted by Crippen LogP contribution is -1.94. The smallest absolute Gasteiger partial charge is 0.183 e. The van der Waals surface area contributed by atoms with Crippen LogP contribution in [-0.2, 0) is 0 Å². The highest BCUT2D eigenvalue weighted by atomic mass is 16.5. The zero-order chi connectivity index (χ0) is 13.0. The number of ether oxygens (including phenoxy) is 2. The summed E-state index contributed by atoms with van der Waals surface area (Å²) in [5, 5.41) is 8.94. The molecule has 2 aromatic rings.